The fraction of sp³-hybridized carbons (Fsp3) is 0.111. The van der Waals surface area contributed by atoms with Crippen LogP contribution < -0.4 is 4.74 Å². The summed E-state index contributed by atoms with van der Waals surface area (Å²) in [7, 11) is 1.59. The van der Waals surface area contributed by atoms with E-state index in [9.17, 15) is 0 Å². The number of nitrogens with zero attached hydrogens (tertiary/aromatic N) is 3. The Morgan fingerprint density at radius 1 is 1.46 bits per heavy atom. The van der Waals surface area contributed by atoms with Crippen molar-refractivity contribution in [3.8, 4) is 11.4 Å². The summed E-state index contributed by atoms with van der Waals surface area (Å²) >= 11 is 0. The molecule has 4 heteroatoms. The van der Waals surface area contributed by atoms with Gasteiger partial charge in [0.2, 0.25) is 0 Å². The molecule has 1 aromatic carbocycles. The molecule has 0 aliphatic carbocycles. The van der Waals surface area contributed by atoms with E-state index in [-0.39, 0.29) is 6.17 Å². The van der Waals surface area contributed by atoms with Crippen molar-refractivity contribution in [3.05, 3.63) is 36.6 Å². The van der Waals surface area contributed by atoms with Gasteiger partial charge in [-0.25, -0.2) is 4.68 Å². The molecule has 0 aliphatic heterocycles. The lowest BCUT2D eigenvalue weighted by Gasteiger charge is -2.05. The van der Waals surface area contributed by atoms with Gasteiger partial charge in [-0.05, 0) is 12.1 Å². The van der Waals surface area contributed by atoms with E-state index in [1.54, 1.807) is 7.11 Å². The first-order valence-corrected chi connectivity index (χ1v) is 3.83. The smallest absolute Gasteiger partial charge is 0.144 e. The van der Waals surface area contributed by atoms with Crippen molar-refractivity contribution in [2.75, 3.05) is 7.11 Å². The Hall–Kier alpha value is -1.84. The molecule has 2 aromatic rings. The fourth-order valence-electron chi connectivity index (χ4n) is 1.12. The van der Waals surface area contributed by atoms with Gasteiger partial charge in [0.15, 0.2) is 0 Å². The standard InChI is InChI=1S/C9H9N3O/c1-13-9-5-3-2-4-8(9)12-7-6-10-11-12/h2-7H,1H3/i6D. The highest BCUT2D eigenvalue weighted by Crippen LogP contribution is 2.20. The first kappa shape index (κ1) is 6.65. The Balaban J connectivity index is 2.50. The van der Waals surface area contributed by atoms with Crippen LogP contribution in [0.25, 0.3) is 5.69 Å². The SMILES string of the molecule is [2H]c1cn(-c2ccccc2OC)nn1. The van der Waals surface area contributed by atoms with Crippen LogP contribution in [-0.4, -0.2) is 22.1 Å². The van der Waals surface area contributed by atoms with Gasteiger partial charge in [0.25, 0.3) is 0 Å². The van der Waals surface area contributed by atoms with Crippen molar-refractivity contribution >= 4 is 0 Å². The quantitative estimate of drug-likeness (QED) is 0.691. The molecular weight excluding hydrogens is 166 g/mol. The molecule has 1 heterocycles. The second-order valence-corrected chi connectivity index (χ2v) is 2.46. The van der Waals surface area contributed by atoms with Crippen molar-refractivity contribution in [3.63, 3.8) is 0 Å². The Bertz CT molecular complexity index is 441. The predicted molar refractivity (Wildman–Crippen MR) is 47.9 cm³/mol. The molecule has 66 valence electrons. The molecule has 0 fully saturated rings. The van der Waals surface area contributed by atoms with Gasteiger partial charge in [-0.15, -0.1) is 5.10 Å². The van der Waals surface area contributed by atoms with Crippen molar-refractivity contribution in [2.45, 2.75) is 0 Å². The molecule has 0 aliphatic rings. The summed E-state index contributed by atoms with van der Waals surface area (Å²) in [6.07, 6.45) is 1.66. The second-order valence-electron chi connectivity index (χ2n) is 2.46. The van der Waals surface area contributed by atoms with Crippen LogP contribution in [0.5, 0.6) is 5.75 Å². The summed E-state index contributed by atoms with van der Waals surface area (Å²) in [6.45, 7) is 0. The molecule has 0 saturated heterocycles. The van der Waals surface area contributed by atoms with Gasteiger partial charge in [0, 0.05) is 0 Å². The highest BCUT2D eigenvalue weighted by atomic mass is 16.5. The third-order valence-corrected chi connectivity index (χ3v) is 1.71. The minimum absolute atomic E-state index is 0.135. The number of aromatic nitrogens is 3. The van der Waals surface area contributed by atoms with Crippen LogP contribution in [0.2, 0.25) is 0 Å². The monoisotopic (exact) mass is 176 g/mol. The van der Waals surface area contributed by atoms with Gasteiger partial charge in [-0.1, -0.05) is 17.3 Å². The Kier molecular flexibility index (Phi) is 1.67. The van der Waals surface area contributed by atoms with Crippen LogP contribution in [0.1, 0.15) is 1.37 Å². The molecule has 0 N–H and O–H groups in total. The maximum Gasteiger partial charge on any atom is 0.144 e. The maximum atomic E-state index is 7.26. The van der Waals surface area contributed by atoms with E-state index in [2.05, 4.69) is 10.3 Å². The minimum Gasteiger partial charge on any atom is -0.494 e. The number of hydrogen-bond donors (Lipinski definition) is 0. The summed E-state index contributed by atoms with van der Waals surface area (Å²) in [4.78, 5) is 0. The number of methoxy groups -OCH3 is 1. The molecule has 0 amide bonds. The fourth-order valence-corrected chi connectivity index (χ4v) is 1.12. The van der Waals surface area contributed by atoms with E-state index < -0.39 is 0 Å². The largest absolute Gasteiger partial charge is 0.494 e. The van der Waals surface area contributed by atoms with Crippen LogP contribution in [-0.2, 0) is 0 Å². The molecule has 0 unspecified atom stereocenters. The third-order valence-electron chi connectivity index (χ3n) is 1.71. The average Bonchev–Trinajstić information content (AvgIpc) is 2.65. The second kappa shape index (κ2) is 3.26. The summed E-state index contributed by atoms with van der Waals surface area (Å²) < 4.78 is 13.9. The Morgan fingerprint density at radius 3 is 3.00 bits per heavy atom. The van der Waals surface area contributed by atoms with Gasteiger partial charge in [0.1, 0.15) is 11.4 Å². The van der Waals surface area contributed by atoms with Gasteiger partial charge in [-0.3, -0.25) is 0 Å². The lowest BCUT2D eigenvalue weighted by molar-refractivity contribution is 0.411. The zero-order valence-corrected chi connectivity index (χ0v) is 7.14. The van der Waals surface area contributed by atoms with Crippen molar-refractivity contribution in [1.82, 2.24) is 15.0 Å². The first-order chi connectivity index (χ1) is 6.81. The summed E-state index contributed by atoms with van der Waals surface area (Å²) in [5.74, 6) is 0.706. The molecule has 0 bridgehead atoms. The van der Waals surface area contributed by atoms with Crippen LogP contribution in [0.3, 0.4) is 0 Å². The van der Waals surface area contributed by atoms with Crippen LogP contribution in [0.4, 0.5) is 0 Å². The molecule has 0 radical (unpaired) electrons. The van der Waals surface area contributed by atoms with Gasteiger partial charge in [0.05, 0.1) is 20.9 Å². The van der Waals surface area contributed by atoms with E-state index in [1.165, 1.54) is 10.9 Å². The van der Waals surface area contributed by atoms with Gasteiger partial charge in [-0.2, -0.15) is 0 Å². The zero-order valence-electron chi connectivity index (χ0n) is 8.14. The molecule has 4 nitrogen and oxygen atoms in total. The van der Waals surface area contributed by atoms with E-state index in [1.807, 2.05) is 24.3 Å². The highest BCUT2D eigenvalue weighted by Gasteiger charge is 2.02. The number of para-hydroxylation sites is 2. The molecule has 0 spiro atoms. The average molecular weight is 176 g/mol. The molecule has 0 saturated carbocycles. The highest BCUT2D eigenvalue weighted by molar-refractivity contribution is 5.45. The Morgan fingerprint density at radius 2 is 2.31 bits per heavy atom. The molecular formula is C9H9N3O. The topological polar surface area (TPSA) is 39.9 Å². The number of benzene rings is 1. The van der Waals surface area contributed by atoms with E-state index in [4.69, 9.17) is 6.11 Å². The van der Waals surface area contributed by atoms with E-state index >= 15 is 0 Å². The van der Waals surface area contributed by atoms with Crippen molar-refractivity contribution < 1.29 is 6.11 Å². The summed E-state index contributed by atoms with van der Waals surface area (Å²) in [5, 5.41) is 7.39. The van der Waals surface area contributed by atoms with E-state index in [0.717, 1.165) is 5.69 Å². The molecule has 13 heavy (non-hydrogen) atoms. The first-order valence-electron chi connectivity index (χ1n) is 4.33. The van der Waals surface area contributed by atoms with Gasteiger partial charge >= 0.3 is 0 Å². The van der Waals surface area contributed by atoms with Crippen LogP contribution >= 0.6 is 0 Å². The molecule has 2 rings (SSSR count). The lowest BCUT2D eigenvalue weighted by Crippen LogP contribution is -1.98. The van der Waals surface area contributed by atoms with Crippen molar-refractivity contribution in [2.24, 2.45) is 0 Å². The molecule has 0 atom stereocenters. The van der Waals surface area contributed by atoms with Crippen molar-refractivity contribution in [1.29, 1.82) is 0 Å². The zero-order chi connectivity index (χ0) is 9.97. The van der Waals surface area contributed by atoms with Crippen LogP contribution in [0, 0.1) is 0 Å². The minimum atomic E-state index is 0.135. The Labute approximate surface area is 77.2 Å². The van der Waals surface area contributed by atoms with E-state index in [0.29, 0.717) is 5.75 Å². The van der Waals surface area contributed by atoms with Crippen LogP contribution in [0.15, 0.2) is 36.6 Å². The summed E-state index contributed by atoms with van der Waals surface area (Å²) in [5.41, 5.74) is 0.779. The summed E-state index contributed by atoms with van der Waals surface area (Å²) in [6, 6.07) is 7.44. The number of hydrogen-bond acceptors (Lipinski definition) is 3. The number of rotatable bonds is 2. The predicted octanol–water partition coefficient (Wildman–Crippen LogP) is 1.28. The maximum absolute atomic E-state index is 7.26. The van der Waals surface area contributed by atoms with Gasteiger partial charge < -0.3 is 4.74 Å². The normalized spacial score (nSPS) is 11.0. The molecule has 1 aromatic heterocycles. The number of ether oxygens (including phenoxy) is 1. The third kappa shape index (κ3) is 1.38. The lowest BCUT2D eigenvalue weighted by atomic mass is 10.3.